The molecule has 0 spiro atoms. The third-order valence-electron chi connectivity index (χ3n) is 9.02. The SMILES string of the molecule is c1ccc(-c2cc(-c3ccc(-c4cc(-c5ccncc5)nc(-c5ccncc5)n4)cc3)cc(-n3c4ccccc4c4ccccc43)c2)cc1. The molecule has 0 aliphatic heterocycles. The van der Waals surface area contributed by atoms with E-state index in [1.165, 1.54) is 32.9 Å². The van der Waals surface area contributed by atoms with Gasteiger partial charge in [0.15, 0.2) is 5.82 Å². The van der Waals surface area contributed by atoms with Crippen molar-refractivity contribution >= 4 is 21.8 Å². The predicted molar refractivity (Wildman–Crippen MR) is 199 cm³/mol. The maximum absolute atomic E-state index is 5.00. The van der Waals surface area contributed by atoms with E-state index in [-0.39, 0.29) is 0 Å². The van der Waals surface area contributed by atoms with E-state index in [1.807, 2.05) is 30.3 Å². The normalized spacial score (nSPS) is 11.3. The van der Waals surface area contributed by atoms with Gasteiger partial charge in [0.2, 0.25) is 0 Å². The molecule has 5 nitrogen and oxygen atoms in total. The van der Waals surface area contributed by atoms with Crippen LogP contribution in [0.5, 0.6) is 0 Å². The van der Waals surface area contributed by atoms with Crippen LogP contribution in [-0.2, 0) is 0 Å². The molecule has 0 unspecified atom stereocenters. The van der Waals surface area contributed by atoms with Crippen LogP contribution < -0.4 is 0 Å². The molecule has 9 rings (SSSR count). The molecule has 4 heterocycles. The van der Waals surface area contributed by atoms with Gasteiger partial charge in [0, 0.05) is 57.9 Å². The molecule has 5 heteroatoms. The Hall–Kier alpha value is -6.72. The molecular formula is C44H29N5. The topological polar surface area (TPSA) is 56.5 Å². The average molecular weight is 628 g/mol. The second-order valence-corrected chi connectivity index (χ2v) is 12.0. The molecule has 0 fully saturated rings. The van der Waals surface area contributed by atoms with Crippen LogP contribution in [0.2, 0.25) is 0 Å². The molecule has 4 aromatic heterocycles. The van der Waals surface area contributed by atoms with Gasteiger partial charge >= 0.3 is 0 Å². The minimum absolute atomic E-state index is 0.655. The maximum Gasteiger partial charge on any atom is 0.160 e. The first-order valence-corrected chi connectivity index (χ1v) is 16.3. The van der Waals surface area contributed by atoms with Crippen molar-refractivity contribution in [1.82, 2.24) is 24.5 Å². The van der Waals surface area contributed by atoms with E-state index in [0.29, 0.717) is 5.82 Å². The van der Waals surface area contributed by atoms with Gasteiger partial charge < -0.3 is 4.57 Å². The van der Waals surface area contributed by atoms with Crippen molar-refractivity contribution in [1.29, 1.82) is 0 Å². The molecular weight excluding hydrogens is 599 g/mol. The van der Waals surface area contributed by atoms with E-state index in [2.05, 4.69) is 136 Å². The maximum atomic E-state index is 5.00. The molecule has 0 aliphatic rings. The van der Waals surface area contributed by atoms with Crippen molar-refractivity contribution in [3.8, 4) is 61.8 Å². The molecule has 5 aromatic carbocycles. The number of para-hydroxylation sites is 2. The monoisotopic (exact) mass is 627 g/mol. The van der Waals surface area contributed by atoms with Gasteiger partial charge in [-0.25, -0.2) is 9.97 Å². The van der Waals surface area contributed by atoms with Crippen LogP contribution in [0.3, 0.4) is 0 Å². The third kappa shape index (κ3) is 5.33. The molecule has 0 aliphatic carbocycles. The van der Waals surface area contributed by atoms with Crippen LogP contribution in [0.25, 0.3) is 83.6 Å². The van der Waals surface area contributed by atoms with E-state index in [1.54, 1.807) is 24.8 Å². The van der Waals surface area contributed by atoms with Crippen LogP contribution in [0.4, 0.5) is 0 Å². The van der Waals surface area contributed by atoms with Crippen molar-refractivity contribution in [2.45, 2.75) is 0 Å². The molecule has 0 amide bonds. The Balaban J connectivity index is 1.18. The van der Waals surface area contributed by atoms with E-state index in [4.69, 9.17) is 9.97 Å². The smallest absolute Gasteiger partial charge is 0.160 e. The van der Waals surface area contributed by atoms with Crippen molar-refractivity contribution < 1.29 is 0 Å². The molecule has 49 heavy (non-hydrogen) atoms. The zero-order valence-electron chi connectivity index (χ0n) is 26.5. The van der Waals surface area contributed by atoms with E-state index in [0.717, 1.165) is 44.9 Å². The summed E-state index contributed by atoms with van der Waals surface area (Å²) in [4.78, 5) is 18.3. The highest BCUT2D eigenvalue weighted by molar-refractivity contribution is 6.09. The number of pyridine rings is 2. The van der Waals surface area contributed by atoms with Gasteiger partial charge in [0.25, 0.3) is 0 Å². The highest BCUT2D eigenvalue weighted by Gasteiger charge is 2.15. The highest BCUT2D eigenvalue weighted by atomic mass is 15.0. The molecule has 9 aromatic rings. The minimum atomic E-state index is 0.655. The Morgan fingerprint density at radius 2 is 0.816 bits per heavy atom. The van der Waals surface area contributed by atoms with Gasteiger partial charge in [0.1, 0.15) is 0 Å². The molecule has 230 valence electrons. The Morgan fingerprint density at radius 3 is 1.41 bits per heavy atom. The lowest BCUT2D eigenvalue weighted by atomic mass is 9.96. The Bertz CT molecular complexity index is 2470. The van der Waals surface area contributed by atoms with E-state index in [9.17, 15) is 0 Å². The molecule has 0 radical (unpaired) electrons. The van der Waals surface area contributed by atoms with Crippen LogP contribution in [0, 0.1) is 0 Å². The minimum Gasteiger partial charge on any atom is -0.309 e. The number of fused-ring (bicyclic) bond motifs is 3. The summed E-state index contributed by atoms with van der Waals surface area (Å²) in [6.07, 6.45) is 7.11. The lowest BCUT2D eigenvalue weighted by molar-refractivity contribution is 1.17. The van der Waals surface area contributed by atoms with Crippen molar-refractivity contribution in [2.24, 2.45) is 0 Å². The lowest BCUT2D eigenvalue weighted by Crippen LogP contribution is -1.97. The zero-order chi connectivity index (χ0) is 32.6. The first kappa shape index (κ1) is 28.5. The highest BCUT2D eigenvalue weighted by Crippen LogP contribution is 2.37. The fraction of sp³-hybridized carbons (Fsp3) is 0. The van der Waals surface area contributed by atoms with Crippen molar-refractivity contribution in [2.75, 3.05) is 0 Å². The van der Waals surface area contributed by atoms with Crippen LogP contribution in [0.15, 0.2) is 176 Å². The molecule has 0 atom stereocenters. The Labute approximate surface area is 283 Å². The molecule has 0 bridgehead atoms. The van der Waals surface area contributed by atoms with Crippen molar-refractivity contribution in [3.63, 3.8) is 0 Å². The van der Waals surface area contributed by atoms with Crippen LogP contribution >= 0.6 is 0 Å². The Morgan fingerprint density at radius 1 is 0.347 bits per heavy atom. The standard InChI is InChI=1S/C44H29N5/c1-2-8-30(9-3-1)35-26-36(28-37(27-35)49-42-12-6-4-10-38(42)39-11-5-7-13-43(39)49)31-14-16-32(17-15-31)40-29-41(33-18-22-45-23-19-33)48-44(47-40)34-20-24-46-25-21-34/h1-29H. The summed E-state index contributed by atoms with van der Waals surface area (Å²) in [5, 5.41) is 2.49. The number of benzene rings is 5. The fourth-order valence-corrected chi connectivity index (χ4v) is 6.63. The average Bonchev–Trinajstić information content (AvgIpc) is 3.53. The molecule has 0 N–H and O–H groups in total. The summed E-state index contributed by atoms with van der Waals surface area (Å²) in [6.45, 7) is 0. The van der Waals surface area contributed by atoms with Crippen LogP contribution in [0.1, 0.15) is 0 Å². The molecule has 0 saturated heterocycles. The van der Waals surface area contributed by atoms with Gasteiger partial charge in [-0.05, 0) is 82.9 Å². The van der Waals surface area contributed by atoms with Gasteiger partial charge in [-0.1, -0.05) is 91.0 Å². The second kappa shape index (κ2) is 12.1. The summed E-state index contributed by atoms with van der Waals surface area (Å²) in [7, 11) is 0. The zero-order valence-corrected chi connectivity index (χ0v) is 26.5. The number of nitrogens with zero attached hydrogens (tertiary/aromatic N) is 5. The number of aromatic nitrogens is 5. The van der Waals surface area contributed by atoms with Crippen LogP contribution in [-0.4, -0.2) is 24.5 Å². The van der Waals surface area contributed by atoms with Crippen molar-refractivity contribution in [3.05, 3.63) is 176 Å². The third-order valence-corrected chi connectivity index (χ3v) is 9.02. The van der Waals surface area contributed by atoms with Gasteiger partial charge in [-0.2, -0.15) is 0 Å². The quantitative estimate of drug-likeness (QED) is 0.184. The summed E-state index contributed by atoms with van der Waals surface area (Å²) >= 11 is 0. The summed E-state index contributed by atoms with van der Waals surface area (Å²) < 4.78 is 2.39. The van der Waals surface area contributed by atoms with Gasteiger partial charge in [-0.3, -0.25) is 9.97 Å². The predicted octanol–water partition coefficient (Wildman–Crippen LogP) is 10.7. The van der Waals surface area contributed by atoms with E-state index < -0.39 is 0 Å². The number of hydrogen-bond donors (Lipinski definition) is 0. The first-order valence-electron chi connectivity index (χ1n) is 16.3. The molecule has 0 saturated carbocycles. The first-order chi connectivity index (χ1) is 24.3. The summed E-state index contributed by atoms with van der Waals surface area (Å²) in [5.41, 5.74) is 12.7. The Kier molecular flexibility index (Phi) is 7.06. The fourth-order valence-electron chi connectivity index (χ4n) is 6.63. The summed E-state index contributed by atoms with van der Waals surface area (Å²) in [6, 6.07) is 53.3. The lowest BCUT2D eigenvalue weighted by Gasteiger charge is -2.14. The largest absolute Gasteiger partial charge is 0.309 e. The number of rotatable bonds is 6. The van der Waals surface area contributed by atoms with Gasteiger partial charge in [-0.15, -0.1) is 0 Å². The van der Waals surface area contributed by atoms with E-state index >= 15 is 0 Å². The summed E-state index contributed by atoms with van der Waals surface area (Å²) in [5.74, 6) is 0.655. The number of hydrogen-bond acceptors (Lipinski definition) is 4. The second-order valence-electron chi connectivity index (χ2n) is 12.0. The van der Waals surface area contributed by atoms with Gasteiger partial charge in [0.05, 0.1) is 22.4 Å².